The molecule has 0 bridgehead atoms. The third-order valence-electron chi connectivity index (χ3n) is 4.10. The summed E-state index contributed by atoms with van der Waals surface area (Å²) in [7, 11) is 0. The molecule has 0 amide bonds. The number of benzene rings is 1. The molecule has 1 heterocycles. The highest BCUT2D eigenvalue weighted by molar-refractivity contribution is 6.66. The van der Waals surface area contributed by atoms with Crippen LogP contribution in [0.5, 0.6) is 0 Å². The van der Waals surface area contributed by atoms with Crippen molar-refractivity contribution in [3.05, 3.63) is 59.4 Å². The first-order chi connectivity index (χ1) is 13.3. The molecule has 4 N–H and O–H groups in total. The van der Waals surface area contributed by atoms with Crippen molar-refractivity contribution in [1.29, 1.82) is 5.41 Å². The third kappa shape index (κ3) is 6.59. The lowest BCUT2D eigenvalue weighted by Gasteiger charge is -2.16. The molecule has 150 valence electrons. The molecule has 1 aromatic carbocycles. The highest BCUT2D eigenvalue weighted by atomic mass is 35.6. The van der Waals surface area contributed by atoms with Crippen LogP contribution in [0.15, 0.2) is 47.8 Å². The molecule has 2 aromatic rings. The lowest BCUT2D eigenvalue weighted by Crippen LogP contribution is -2.25. The van der Waals surface area contributed by atoms with Crippen LogP contribution in [0.25, 0.3) is 11.8 Å². The first-order valence-corrected chi connectivity index (χ1v) is 10.1. The fourth-order valence-electron chi connectivity index (χ4n) is 2.81. The summed E-state index contributed by atoms with van der Waals surface area (Å²) in [5.74, 6) is -0.209. The molecule has 1 aromatic heterocycles. The second kappa shape index (κ2) is 10.6. The zero-order valence-electron chi connectivity index (χ0n) is 15.6. The van der Waals surface area contributed by atoms with E-state index in [1.165, 1.54) is 12.0 Å². The smallest absolute Gasteiger partial charge is 0.218 e. The van der Waals surface area contributed by atoms with E-state index < -0.39 is 3.79 Å². The van der Waals surface area contributed by atoms with Crippen LogP contribution >= 0.6 is 34.8 Å². The van der Waals surface area contributed by atoms with E-state index in [1.54, 1.807) is 12.3 Å². The summed E-state index contributed by atoms with van der Waals surface area (Å²) in [5.41, 5.74) is 11.3. The zero-order chi connectivity index (χ0) is 20.6. The highest BCUT2D eigenvalue weighted by Gasteiger charge is 2.26. The number of hydrogen-bond acceptors (Lipinski definition) is 2. The number of allylic oxidation sites excluding steroid dienone is 1. The van der Waals surface area contributed by atoms with Crippen LogP contribution in [0, 0.1) is 5.41 Å². The number of para-hydroxylation sites is 1. The van der Waals surface area contributed by atoms with Crippen molar-refractivity contribution >= 4 is 53.1 Å². The van der Waals surface area contributed by atoms with Crippen LogP contribution in [0.4, 0.5) is 0 Å². The number of hydrazone groups is 1. The van der Waals surface area contributed by atoms with Crippen LogP contribution in [-0.2, 0) is 10.2 Å². The summed E-state index contributed by atoms with van der Waals surface area (Å²) in [4.78, 5) is 0. The van der Waals surface area contributed by atoms with Crippen molar-refractivity contribution in [2.45, 2.75) is 36.4 Å². The normalized spacial score (nSPS) is 12.1. The molecule has 0 aliphatic rings. The largest absolute Gasteiger partial charge is 0.369 e. The Kier molecular flexibility index (Phi) is 8.42. The van der Waals surface area contributed by atoms with Gasteiger partial charge in [0.05, 0.1) is 5.69 Å². The van der Waals surface area contributed by atoms with Crippen molar-refractivity contribution in [3.63, 3.8) is 0 Å². The maximum atomic E-state index is 7.08. The first-order valence-electron chi connectivity index (χ1n) is 9.00. The predicted octanol–water partition coefficient (Wildman–Crippen LogP) is 5.52. The standard InChI is InChI=1S/C20H24Cl3N5/c1-2-3-4-8-15-13-28(14-16(15)9-7-12-26-27-19(24)25)18-11-6-5-10-17(18)20(21,22)23/h5-7,9-14H,2-4,8H2,1H3,(H4,24,25,27)/b9-7+,26-12-. The quantitative estimate of drug-likeness (QED) is 0.166. The number of halogens is 3. The van der Waals surface area contributed by atoms with E-state index in [0.29, 0.717) is 5.56 Å². The minimum atomic E-state index is -1.51. The molecule has 0 fully saturated rings. The molecule has 0 aliphatic carbocycles. The minimum absolute atomic E-state index is 0.209. The SMILES string of the molecule is CCCCCc1cn(-c2ccccc2C(Cl)(Cl)Cl)cc1/C=C/C=N\NC(=N)N. The number of rotatable bonds is 8. The molecule has 0 unspecified atom stereocenters. The number of nitrogens with one attached hydrogen (secondary N) is 2. The van der Waals surface area contributed by atoms with Gasteiger partial charge in [0.25, 0.3) is 0 Å². The van der Waals surface area contributed by atoms with Crippen molar-refractivity contribution in [1.82, 2.24) is 9.99 Å². The van der Waals surface area contributed by atoms with Gasteiger partial charge in [-0.05, 0) is 36.1 Å². The molecule has 0 aliphatic heterocycles. The molecule has 28 heavy (non-hydrogen) atoms. The molecular weight excluding hydrogens is 417 g/mol. The van der Waals surface area contributed by atoms with Crippen molar-refractivity contribution in [2.75, 3.05) is 0 Å². The maximum absolute atomic E-state index is 7.08. The van der Waals surface area contributed by atoms with Gasteiger partial charge in [-0.1, -0.05) is 78.8 Å². The summed E-state index contributed by atoms with van der Waals surface area (Å²) >= 11 is 18.5. The van der Waals surface area contributed by atoms with Gasteiger partial charge in [0.2, 0.25) is 9.75 Å². The van der Waals surface area contributed by atoms with E-state index in [-0.39, 0.29) is 5.96 Å². The Morgan fingerprint density at radius 3 is 2.68 bits per heavy atom. The maximum Gasteiger partial charge on any atom is 0.218 e. The van der Waals surface area contributed by atoms with Crippen molar-refractivity contribution in [2.24, 2.45) is 10.8 Å². The summed E-state index contributed by atoms with van der Waals surface area (Å²) in [6.07, 6.45) is 13.8. The Labute approximate surface area is 180 Å². The predicted molar refractivity (Wildman–Crippen MR) is 121 cm³/mol. The van der Waals surface area contributed by atoms with Gasteiger partial charge in [0, 0.05) is 24.2 Å². The van der Waals surface area contributed by atoms with Gasteiger partial charge in [-0.25, -0.2) is 5.43 Å². The number of nitrogens with zero attached hydrogens (tertiary/aromatic N) is 2. The molecule has 0 atom stereocenters. The summed E-state index contributed by atoms with van der Waals surface area (Å²) < 4.78 is 0.480. The Hall–Kier alpha value is -1.95. The third-order valence-corrected chi connectivity index (χ3v) is 4.71. The Bertz CT molecular complexity index is 850. The molecule has 0 saturated heterocycles. The Balaban J connectivity index is 2.35. The molecule has 2 rings (SSSR count). The van der Waals surface area contributed by atoms with E-state index in [0.717, 1.165) is 30.5 Å². The van der Waals surface area contributed by atoms with E-state index >= 15 is 0 Å². The Morgan fingerprint density at radius 1 is 1.25 bits per heavy atom. The number of aromatic nitrogens is 1. The second-order valence-corrected chi connectivity index (χ2v) is 8.56. The molecular formula is C20H24Cl3N5. The van der Waals surface area contributed by atoms with Crippen molar-refractivity contribution < 1.29 is 0 Å². The lowest BCUT2D eigenvalue weighted by molar-refractivity contribution is 0.717. The van der Waals surface area contributed by atoms with E-state index in [1.807, 2.05) is 41.1 Å². The van der Waals surface area contributed by atoms with Crippen LogP contribution < -0.4 is 11.2 Å². The first kappa shape index (κ1) is 22.3. The van der Waals surface area contributed by atoms with Gasteiger partial charge in [-0.3, -0.25) is 5.41 Å². The number of nitrogens with two attached hydrogens (primary N) is 1. The number of alkyl halides is 3. The van der Waals surface area contributed by atoms with Crippen LogP contribution in [-0.4, -0.2) is 16.7 Å². The average molecular weight is 441 g/mol. The molecule has 5 nitrogen and oxygen atoms in total. The van der Waals surface area contributed by atoms with Crippen LogP contribution in [0.2, 0.25) is 0 Å². The van der Waals surface area contributed by atoms with Crippen LogP contribution in [0.3, 0.4) is 0 Å². The summed E-state index contributed by atoms with van der Waals surface area (Å²) in [6, 6.07) is 7.51. The lowest BCUT2D eigenvalue weighted by atomic mass is 10.1. The fraction of sp³-hybridized carbons (Fsp3) is 0.300. The van der Waals surface area contributed by atoms with E-state index in [4.69, 9.17) is 45.9 Å². The topological polar surface area (TPSA) is 79.2 Å². The second-order valence-electron chi connectivity index (χ2n) is 6.28. The number of aryl methyl sites for hydroxylation is 1. The van der Waals surface area contributed by atoms with Gasteiger partial charge in [0.15, 0.2) is 0 Å². The van der Waals surface area contributed by atoms with E-state index in [2.05, 4.69) is 23.6 Å². The monoisotopic (exact) mass is 439 g/mol. The Morgan fingerprint density at radius 2 is 2.00 bits per heavy atom. The summed E-state index contributed by atoms with van der Waals surface area (Å²) in [5, 5.41) is 10.9. The van der Waals surface area contributed by atoms with Gasteiger partial charge < -0.3 is 10.3 Å². The number of hydrogen-bond donors (Lipinski definition) is 3. The number of unbranched alkanes of at least 4 members (excludes halogenated alkanes) is 2. The van der Waals surface area contributed by atoms with Crippen molar-refractivity contribution in [3.8, 4) is 5.69 Å². The van der Waals surface area contributed by atoms with Crippen LogP contribution in [0.1, 0.15) is 42.9 Å². The van der Waals surface area contributed by atoms with Gasteiger partial charge >= 0.3 is 0 Å². The van der Waals surface area contributed by atoms with E-state index in [9.17, 15) is 0 Å². The van der Waals surface area contributed by atoms with Gasteiger partial charge in [-0.15, -0.1) is 0 Å². The zero-order valence-corrected chi connectivity index (χ0v) is 17.9. The average Bonchev–Trinajstić information content (AvgIpc) is 3.04. The highest BCUT2D eigenvalue weighted by Crippen LogP contribution is 2.41. The molecule has 8 heteroatoms. The summed E-state index contributed by atoms with van der Waals surface area (Å²) in [6.45, 7) is 2.18. The van der Waals surface area contributed by atoms with Gasteiger partial charge in [0.1, 0.15) is 0 Å². The minimum Gasteiger partial charge on any atom is -0.369 e. The molecule has 0 saturated carbocycles. The number of guanidine groups is 1. The van der Waals surface area contributed by atoms with Gasteiger partial charge in [-0.2, -0.15) is 5.10 Å². The fourth-order valence-corrected chi connectivity index (χ4v) is 3.29. The molecule has 0 spiro atoms. The molecule has 0 radical (unpaired) electrons.